The van der Waals surface area contributed by atoms with Crippen LogP contribution in [0.3, 0.4) is 0 Å². The Balaban J connectivity index is 4.32. The largest absolute Gasteiger partial charge is 0.464 e. The van der Waals surface area contributed by atoms with E-state index < -0.39 is 17.9 Å². The minimum atomic E-state index is -0.684. The number of amides is 1. The number of nitrogens with two attached hydrogens (primary N) is 1. The van der Waals surface area contributed by atoms with E-state index in [4.69, 9.17) is 22.7 Å². The number of carbonyl (C=O) groups is 2. The summed E-state index contributed by atoms with van der Waals surface area (Å²) in [7, 11) is 0. The van der Waals surface area contributed by atoms with Gasteiger partial charge < -0.3 is 15.8 Å². The van der Waals surface area contributed by atoms with E-state index in [1.807, 2.05) is 0 Å². The van der Waals surface area contributed by atoms with E-state index in [9.17, 15) is 9.59 Å². The first-order valence-corrected chi connectivity index (χ1v) is 5.61. The monoisotopic (exact) mass is 246 g/mol. The number of nitrogens with one attached hydrogen (secondary N) is 1. The maximum Gasteiger partial charge on any atom is 0.328 e. The standard InChI is InChI=1S/C10H18N2O3S/c1-4-7(8(11)16)9(13)12-6(3)10(14)15-5-2/h6-7H,4-5H2,1-3H3,(H2,11,16)(H,12,13). The molecule has 0 heterocycles. The smallest absolute Gasteiger partial charge is 0.328 e. The van der Waals surface area contributed by atoms with Crippen LogP contribution in [0, 0.1) is 5.92 Å². The molecule has 2 unspecified atom stereocenters. The molecule has 0 aromatic carbocycles. The van der Waals surface area contributed by atoms with Gasteiger partial charge in [0.25, 0.3) is 0 Å². The Hall–Kier alpha value is -1.17. The number of thiocarbonyl (C=S) groups is 1. The van der Waals surface area contributed by atoms with Crippen molar-refractivity contribution in [1.29, 1.82) is 0 Å². The van der Waals surface area contributed by atoms with Gasteiger partial charge in [0, 0.05) is 0 Å². The van der Waals surface area contributed by atoms with E-state index in [2.05, 4.69) is 5.32 Å². The predicted molar refractivity (Wildman–Crippen MR) is 64.8 cm³/mol. The lowest BCUT2D eigenvalue weighted by molar-refractivity contribution is -0.147. The van der Waals surface area contributed by atoms with Gasteiger partial charge in [-0.2, -0.15) is 0 Å². The van der Waals surface area contributed by atoms with Gasteiger partial charge in [0.05, 0.1) is 17.5 Å². The molecule has 16 heavy (non-hydrogen) atoms. The highest BCUT2D eigenvalue weighted by Gasteiger charge is 2.23. The van der Waals surface area contributed by atoms with E-state index in [0.717, 1.165) is 0 Å². The molecular formula is C10H18N2O3S. The van der Waals surface area contributed by atoms with Crippen molar-refractivity contribution >= 4 is 29.1 Å². The summed E-state index contributed by atoms with van der Waals surface area (Å²) < 4.78 is 4.76. The van der Waals surface area contributed by atoms with Gasteiger partial charge in [0.15, 0.2) is 0 Å². The van der Waals surface area contributed by atoms with Crippen LogP contribution in [0.2, 0.25) is 0 Å². The third-order valence-electron chi connectivity index (χ3n) is 2.07. The average molecular weight is 246 g/mol. The first-order chi connectivity index (χ1) is 7.43. The maximum atomic E-state index is 11.6. The Kier molecular flexibility index (Phi) is 6.64. The van der Waals surface area contributed by atoms with Crippen LogP contribution >= 0.6 is 12.2 Å². The SMILES string of the molecule is CCOC(=O)C(C)NC(=O)C(CC)C(N)=S. The summed E-state index contributed by atoms with van der Waals surface area (Å²) in [4.78, 5) is 23.0. The quantitative estimate of drug-likeness (QED) is 0.522. The number of rotatable bonds is 6. The highest BCUT2D eigenvalue weighted by Crippen LogP contribution is 2.03. The number of carbonyl (C=O) groups excluding carboxylic acids is 2. The molecule has 0 radical (unpaired) electrons. The fraction of sp³-hybridized carbons (Fsp3) is 0.700. The van der Waals surface area contributed by atoms with Crippen LogP contribution in [0.15, 0.2) is 0 Å². The Morgan fingerprint density at radius 2 is 2.00 bits per heavy atom. The summed E-state index contributed by atoms with van der Waals surface area (Å²) in [6.45, 7) is 5.35. The van der Waals surface area contributed by atoms with E-state index in [1.54, 1.807) is 20.8 Å². The topological polar surface area (TPSA) is 81.4 Å². The van der Waals surface area contributed by atoms with E-state index >= 15 is 0 Å². The van der Waals surface area contributed by atoms with E-state index in [1.165, 1.54) is 0 Å². The first kappa shape index (κ1) is 14.8. The van der Waals surface area contributed by atoms with Crippen LogP contribution in [-0.2, 0) is 14.3 Å². The molecule has 5 nitrogen and oxygen atoms in total. The van der Waals surface area contributed by atoms with Gasteiger partial charge in [-0.3, -0.25) is 4.79 Å². The third-order valence-corrected chi connectivity index (χ3v) is 2.35. The minimum Gasteiger partial charge on any atom is -0.464 e. The van der Waals surface area contributed by atoms with Gasteiger partial charge in [-0.15, -0.1) is 0 Å². The molecule has 0 fully saturated rings. The summed E-state index contributed by atoms with van der Waals surface area (Å²) in [6.07, 6.45) is 0.511. The molecule has 0 saturated carbocycles. The molecule has 0 spiro atoms. The van der Waals surface area contributed by atoms with Crippen molar-refractivity contribution < 1.29 is 14.3 Å². The van der Waals surface area contributed by atoms with Crippen molar-refractivity contribution in [2.45, 2.75) is 33.2 Å². The molecular weight excluding hydrogens is 228 g/mol. The van der Waals surface area contributed by atoms with Crippen LogP contribution in [0.25, 0.3) is 0 Å². The van der Waals surface area contributed by atoms with Crippen LogP contribution < -0.4 is 11.1 Å². The van der Waals surface area contributed by atoms with Crippen LogP contribution in [-0.4, -0.2) is 29.5 Å². The fourth-order valence-electron chi connectivity index (χ4n) is 1.16. The molecule has 0 bridgehead atoms. The Bertz CT molecular complexity index is 281. The third kappa shape index (κ3) is 4.57. The Morgan fingerprint density at radius 3 is 2.38 bits per heavy atom. The normalized spacial score (nSPS) is 13.7. The van der Waals surface area contributed by atoms with E-state index in [0.29, 0.717) is 6.42 Å². The second-order valence-corrected chi connectivity index (χ2v) is 3.82. The molecule has 2 atom stereocenters. The van der Waals surface area contributed by atoms with Gasteiger partial charge in [-0.05, 0) is 20.3 Å². The molecule has 0 aliphatic heterocycles. The lowest BCUT2D eigenvalue weighted by Gasteiger charge is -2.17. The van der Waals surface area contributed by atoms with Crippen molar-refractivity contribution in [3.8, 4) is 0 Å². The first-order valence-electron chi connectivity index (χ1n) is 5.20. The van der Waals surface area contributed by atoms with Crippen LogP contribution in [0.4, 0.5) is 0 Å². The molecule has 0 aliphatic rings. The highest BCUT2D eigenvalue weighted by atomic mass is 32.1. The molecule has 92 valence electrons. The van der Waals surface area contributed by atoms with Gasteiger partial charge in [0.1, 0.15) is 6.04 Å². The van der Waals surface area contributed by atoms with E-state index in [-0.39, 0.29) is 17.5 Å². The second kappa shape index (κ2) is 7.16. The fourth-order valence-corrected chi connectivity index (χ4v) is 1.43. The lowest BCUT2D eigenvalue weighted by atomic mass is 10.1. The van der Waals surface area contributed by atoms with Crippen molar-refractivity contribution in [2.24, 2.45) is 11.7 Å². The molecule has 0 aliphatic carbocycles. The second-order valence-electron chi connectivity index (χ2n) is 3.35. The molecule has 0 saturated heterocycles. The zero-order chi connectivity index (χ0) is 12.7. The summed E-state index contributed by atoms with van der Waals surface area (Å²) in [5.41, 5.74) is 5.41. The maximum absolute atomic E-state index is 11.6. The number of esters is 1. The number of ether oxygens (including phenoxy) is 1. The minimum absolute atomic E-state index is 0.135. The lowest BCUT2D eigenvalue weighted by Crippen LogP contribution is -2.45. The molecule has 0 rings (SSSR count). The van der Waals surface area contributed by atoms with Crippen molar-refractivity contribution in [2.75, 3.05) is 6.61 Å². The predicted octanol–water partition coefficient (Wildman–Crippen LogP) is 0.367. The highest BCUT2D eigenvalue weighted by molar-refractivity contribution is 7.80. The van der Waals surface area contributed by atoms with Crippen molar-refractivity contribution in [3.05, 3.63) is 0 Å². The molecule has 1 amide bonds. The summed E-state index contributed by atoms with van der Waals surface area (Å²) in [5, 5.41) is 2.52. The Morgan fingerprint density at radius 1 is 1.44 bits per heavy atom. The van der Waals surface area contributed by atoms with Gasteiger partial charge in [-0.1, -0.05) is 19.1 Å². The Labute approximate surface area is 101 Å². The zero-order valence-corrected chi connectivity index (χ0v) is 10.6. The van der Waals surface area contributed by atoms with Crippen molar-refractivity contribution in [1.82, 2.24) is 5.32 Å². The molecule has 0 aromatic rings. The molecule has 0 aromatic heterocycles. The zero-order valence-electron chi connectivity index (χ0n) is 9.78. The van der Waals surface area contributed by atoms with Crippen LogP contribution in [0.5, 0.6) is 0 Å². The van der Waals surface area contributed by atoms with Gasteiger partial charge >= 0.3 is 5.97 Å². The van der Waals surface area contributed by atoms with Crippen LogP contribution in [0.1, 0.15) is 27.2 Å². The number of hydrogen-bond donors (Lipinski definition) is 2. The summed E-state index contributed by atoms with van der Waals surface area (Å²) in [6, 6.07) is -0.684. The van der Waals surface area contributed by atoms with Crippen molar-refractivity contribution in [3.63, 3.8) is 0 Å². The molecule has 6 heteroatoms. The van der Waals surface area contributed by atoms with Gasteiger partial charge in [0.2, 0.25) is 5.91 Å². The molecule has 3 N–H and O–H groups in total. The van der Waals surface area contributed by atoms with Gasteiger partial charge in [-0.25, -0.2) is 4.79 Å². The average Bonchev–Trinajstić information content (AvgIpc) is 2.18. The summed E-state index contributed by atoms with van der Waals surface area (Å²) >= 11 is 4.76. The number of hydrogen-bond acceptors (Lipinski definition) is 4. The summed E-state index contributed by atoms with van der Waals surface area (Å²) in [5.74, 6) is -1.34.